The number of benzene rings is 2. The largest absolute Gasteiger partial charge is 0.452 e. The SMILES string of the molecule is CCNC(=O)c1cccc(NC(=O)COC(=O)c2ccc(F)cc2N)c1. The van der Waals surface area contributed by atoms with E-state index in [-0.39, 0.29) is 17.2 Å². The fourth-order valence-corrected chi connectivity index (χ4v) is 2.13. The maximum absolute atomic E-state index is 13.0. The van der Waals surface area contributed by atoms with Gasteiger partial charge >= 0.3 is 5.97 Å². The number of ether oxygens (including phenoxy) is 1. The lowest BCUT2D eigenvalue weighted by atomic mass is 10.2. The maximum Gasteiger partial charge on any atom is 0.340 e. The minimum absolute atomic E-state index is 0.0302. The summed E-state index contributed by atoms with van der Waals surface area (Å²) < 4.78 is 17.8. The fourth-order valence-electron chi connectivity index (χ4n) is 2.13. The number of hydrogen-bond acceptors (Lipinski definition) is 5. The highest BCUT2D eigenvalue weighted by Crippen LogP contribution is 2.15. The van der Waals surface area contributed by atoms with Crippen LogP contribution >= 0.6 is 0 Å². The van der Waals surface area contributed by atoms with Crippen LogP contribution in [-0.2, 0) is 9.53 Å². The van der Waals surface area contributed by atoms with E-state index >= 15 is 0 Å². The van der Waals surface area contributed by atoms with E-state index in [2.05, 4.69) is 10.6 Å². The van der Waals surface area contributed by atoms with Crippen molar-refractivity contribution >= 4 is 29.2 Å². The van der Waals surface area contributed by atoms with Gasteiger partial charge in [0.25, 0.3) is 11.8 Å². The van der Waals surface area contributed by atoms with Crippen molar-refractivity contribution in [2.45, 2.75) is 6.92 Å². The number of hydrogen-bond donors (Lipinski definition) is 3. The van der Waals surface area contributed by atoms with Crippen LogP contribution in [0.5, 0.6) is 0 Å². The van der Waals surface area contributed by atoms with Gasteiger partial charge in [-0.05, 0) is 43.3 Å². The molecule has 2 aromatic rings. The van der Waals surface area contributed by atoms with Crippen LogP contribution in [0.1, 0.15) is 27.6 Å². The Morgan fingerprint density at radius 3 is 2.62 bits per heavy atom. The molecular weight excluding hydrogens is 341 g/mol. The van der Waals surface area contributed by atoms with Gasteiger partial charge in [0.15, 0.2) is 6.61 Å². The Hall–Kier alpha value is -3.42. The average Bonchev–Trinajstić information content (AvgIpc) is 2.60. The first-order valence-corrected chi connectivity index (χ1v) is 7.81. The first-order valence-electron chi connectivity index (χ1n) is 7.81. The molecule has 0 aromatic heterocycles. The van der Waals surface area contributed by atoms with Gasteiger partial charge in [0.1, 0.15) is 5.82 Å². The van der Waals surface area contributed by atoms with E-state index in [0.29, 0.717) is 17.8 Å². The van der Waals surface area contributed by atoms with E-state index in [1.165, 1.54) is 12.1 Å². The summed E-state index contributed by atoms with van der Waals surface area (Å²) in [5, 5.41) is 5.17. The van der Waals surface area contributed by atoms with Crippen LogP contribution in [0.3, 0.4) is 0 Å². The van der Waals surface area contributed by atoms with Gasteiger partial charge < -0.3 is 21.1 Å². The van der Waals surface area contributed by atoms with Crippen LogP contribution in [0.4, 0.5) is 15.8 Å². The van der Waals surface area contributed by atoms with Crippen LogP contribution in [0.2, 0.25) is 0 Å². The van der Waals surface area contributed by atoms with Gasteiger partial charge in [0, 0.05) is 23.5 Å². The Balaban J connectivity index is 1.93. The molecule has 0 radical (unpaired) electrons. The summed E-state index contributed by atoms with van der Waals surface area (Å²) in [6.07, 6.45) is 0. The molecule has 0 atom stereocenters. The second kappa shape index (κ2) is 8.61. The predicted molar refractivity (Wildman–Crippen MR) is 94.2 cm³/mol. The summed E-state index contributed by atoms with van der Waals surface area (Å²) in [5.41, 5.74) is 6.21. The third-order valence-corrected chi connectivity index (χ3v) is 3.31. The van der Waals surface area contributed by atoms with Gasteiger partial charge in [-0.1, -0.05) is 6.07 Å². The maximum atomic E-state index is 13.0. The minimum Gasteiger partial charge on any atom is -0.452 e. The van der Waals surface area contributed by atoms with E-state index in [1.807, 2.05) is 0 Å². The Morgan fingerprint density at radius 1 is 1.15 bits per heavy atom. The van der Waals surface area contributed by atoms with Crippen molar-refractivity contribution in [1.82, 2.24) is 5.32 Å². The van der Waals surface area contributed by atoms with Crippen molar-refractivity contribution in [3.8, 4) is 0 Å². The lowest BCUT2D eigenvalue weighted by Crippen LogP contribution is -2.23. The van der Waals surface area contributed by atoms with Gasteiger partial charge in [-0.25, -0.2) is 9.18 Å². The summed E-state index contributed by atoms with van der Waals surface area (Å²) in [4.78, 5) is 35.6. The molecule has 0 bridgehead atoms. The third kappa shape index (κ3) is 5.04. The molecule has 4 N–H and O–H groups in total. The number of nitrogens with two attached hydrogens (primary N) is 1. The number of carbonyl (C=O) groups excluding carboxylic acids is 3. The zero-order valence-corrected chi connectivity index (χ0v) is 14.0. The number of anilines is 2. The van der Waals surface area contributed by atoms with E-state index in [0.717, 1.165) is 12.1 Å². The standard InChI is InChI=1S/C18H18FN3O4/c1-2-21-17(24)11-4-3-5-13(8-11)22-16(23)10-26-18(25)14-7-6-12(19)9-15(14)20/h3-9H,2,10,20H2,1H3,(H,21,24)(H,22,23). The zero-order valence-electron chi connectivity index (χ0n) is 14.0. The molecular formula is C18H18FN3O4. The molecule has 0 unspecified atom stereocenters. The third-order valence-electron chi connectivity index (χ3n) is 3.31. The number of nitrogen functional groups attached to an aromatic ring is 1. The molecule has 7 nitrogen and oxygen atoms in total. The number of carbonyl (C=O) groups is 3. The van der Waals surface area contributed by atoms with Crippen molar-refractivity contribution in [2.75, 3.05) is 24.2 Å². The molecule has 0 saturated carbocycles. The molecule has 0 saturated heterocycles. The molecule has 2 rings (SSSR count). The molecule has 2 amide bonds. The number of esters is 1. The summed E-state index contributed by atoms with van der Waals surface area (Å²) in [6.45, 7) is 1.73. The Kier molecular flexibility index (Phi) is 6.26. The van der Waals surface area contributed by atoms with E-state index < -0.39 is 24.3 Å². The lowest BCUT2D eigenvalue weighted by molar-refractivity contribution is -0.119. The summed E-state index contributed by atoms with van der Waals surface area (Å²) in [6, 6.07) is 9.57. The normalized spacial score (nSPS) is 10.1. The van der Waals surface area contributed by atoms with Crippen LogP contribution in [0.25, 0.3) is 0 Å². The van der Waals surface area contributed by atoms with Gasteiger partial charge in [0.05, 0.1) is 5.56 Å². The zero-order chi connectivity index (χ0) is 19.1. The van der Waals surface area contributed by atoms with E-state index in [1.54, 1.807) is 25.1 Å². The monoisotopic (exact) mass is 359 g/mol. The summed E-state index contributed by atoms with van der Waals surface area (Å²) in [7, 11) is 0. The smallest absolute Gasteiger partial charge is 0.340 e. The van der Waals surface area contributed by atoms with Crippen molar-refractivity contribution in [3.63, 3.8) is 0 Å². The van der Waals surface area contributed by atoms with E-state index in [4.69, 9.17) is 10.5 Å². The lowest BCUT2D eigenvalue weighted by Gasteiger charge is -2.09. The highest BCUT2D eigenvalue weighted by atomic mass is 19.1. The number of halogens is 1. The molecule has 136 valence electrons. The molecule has 26 heavy (non-hydrogen) atoms. The molecule has 0 aliphatic heterocycles. The second-order valence-electron chi connectivity index (χ2n) is 5.30. The summed E-state index contributed by atoms with van der Waals surface area (Å²) in [5.74, 6) is -2.27. The first-order chi connectivity index (χ1) is 12.4. The van der Waals surface area contributed by atoms with Gasteiger partial charge in [-0.15, -0.1) is 0 Å². The molecule has 0 spiro atoms. The number of rotatable bonds is 6. The van der Waals surface area contributed by atoms with Gasteiger partial charge in [-0.3, -0.25) is 9.59 Å². The van der Waals surface area contributed by atoms with Crippen molar-refractivity contribution < 1.29 is 23.5 Å². The molecule has 0 heterocycles. The van der Waals surface area contributed by atoms with Crippen LogP contribution in [-0.4, -0.2) is 30.9 Å². The topological polar surface area (TPSA) is 111 Å². The molecule has 0 aliphatic rings. The number of nitrogens with one attached hydrogen (secondary N) is 2. The fraction of sp³-hybridized carbons (Fsp3) is 0.167. The van der Waals surface area contributed by atoms with Gasteiger partial charge in [0.2, 0.25) is 0 Å². The highest BCUT2D eigenvalue weighted by molar-refractivity contribution is 5.99. The molecule has 0 fully saturated rings. The molecule has 0 aliphatic carbocycles. The first kappa shape index (κ1) is 18.9. The van der Waals surface area contributed by atoms with Crippen molar-refractivity contribution in [3.05, 3.63) is 59.4 Å². The minimum atomic E-state index is -0.839. The molecule has 8 heteroatoms. The van der Waals surface area contributed by atoms with Crippen molar-refractivity contribution in [2.24, 2.45) is 0 Å². The van der Waals surface area contributed by atoms with Crippen LogP contribution in [0, 0.1) is 5.82 Å². The van der Waals surface area contributed by atoms with E-state index in [9.17, 15) is 18.8 Å². The Labute approximate surface area is 149 Å². The number of amides is 2. The average molecular weight is 359 g/mol. The van der Waals surface area contributed by atoms with Crippen LogP contribution < -0.4 is 16.4 Å². The van der Waals surface area contributed by atoms with Crippen molar-refractivity contribution in [1.29, 1.82) is 0 Å². The quantitative estimate of drug-likeness (QED) is 0.539. The highest BCUT2D eigenvalue weighted by Gasteiger charge is 2.14. The second-order valence-corrected chi connectivity index (χ2v) is 5.30. The molecule has 2 aromatic carbocycles. The van der Waals surface area contributed by atoms with Crippen LogP contribution in [0.15, 0.2) is 42.5 Å². The summed E-state index contributed by atoms with van der Waals surface area (Å²) >= 11 is 0. The Morgan fingerprint density at radius 2 is 1.92 bits per heavy atom. The predicted octanol–water partition coefficient (Wildman–Crippen LogP) is 1.95. The van der Waals surface area contributed by atoms with Gasteiger partial charge in [-0.2, -0.15) is 0 Å². The Bertz CT molecular complexity index is 839.